The minimum absolute atomic E-state index is 0.0507. The fraction of sp³-hybridized carbons (Fsp3) is 0.370. The Labute approximate surface area is 400 Å². The molecule has 3 aliphatic heterocycles. The van der Waals surface area contributed by atoms with Gasteiger partial charge in [-0.1, -0.05) is 0 Å². The van der Waals surface area contributed by atoms with Crippen LogP contribution < -0.4 is 30.3 Å². The van der Waals surface area contributed by atoms with Gasteiger partial charge in [0.2, 0.25) is 27.8 Å². The zero-order chi connectivity index (χ0) is 47.7. The van der Waals surface area contributed by atoms with Crippen molar-refractivity contribution >= 4 is 83.3 Å². The molecule has 3 aliphatic rings. The Hall–Kier alpha value is -6.36. The second-order valence-corrected chi connectivity index (χ2v) is 19.8. The number of nitrogens with one attached hydrogen (secondary N) is 4. The molecule has 0 radical (unpaired) electrons. The van der Waals surface area contributed by atoms with Gasteiger partial charge in [-0.15, -0.1) is 0 Å². The Morgan fingerprint density at radius 2 is 1.66 bits per heavy atom. The van der Waals surface area contributed by atoms with Crippen LogP contribution in [0.3, 0.4) is 0 Å². The molecule has 3 aromatic heterocycles. The Balaban J connectivity index is 0.855. The molecular weight excluding hydrogens is 965 g/mol. The third kappa shape index (κ3) is 10.4. The molecule has 1 atom stereocenters. The lowest BCUT2D eigenvalue weighted by atomic mass is 9.89. The van der Waals surface area contributed by atoms with Crippen molar-refractivity contribution in [2.75, 3.05) is 79.4 Å². The van der Waals surface area contributed by atoms with Crippen molar-refractivity contribution in [3.05, 3.63) is 94.6 Å². The standard InChI is InChI=1S/C46H50BrF2N13O5S/c1-59-26-28(24-53-59)31-22-37(55-46-52-25-32(47)44(57-46)54-36-6-5-35-42(51-12-11-50-35)43(36)58-68(3,65)66)39(67-2)23-38(31)62-14-9-29(10-15-62)61-18-16-60(17-19-61)13-8-27-20-33(48)41(34(49)21-27)30-4-7-40(63)56-45(30)64/h5-6,11-12,20-26,29-30,58H,4,7-10,13-19H2,1-3H3,(H,56,63,64)(H2,52,54,55,57). The lowest BCUT2D eigenvalue weighted by Crippen LogP contribution is -2.53. The zero-order valence-electron chi connectivity index (χ0n) is 37.6. The van der Waals surface area contributed by atoms with E-state index in [4.69, 9.17) is 9.72 Å². The maximum absolute atomic E-state index is 15.2. The molecule has 1 unspecified atom stereocenters. The highest BCUT2D eigenvalue weighted by atomic mass is 79.9. The zero-order valence-corrected chi connectivity index (χ0v) is 40.0. The molecule has 3 fully saturated rings. The Kier molecular flexibility index (Phi) is 13.5. The SMILES string of the molecule is COc1cc(N2CCC(N3CCN(CCc4cc(F)c(C5CCC(=O)NC5=O)c(F)c4)CC3)CC2)c(-c2cnn(C)c2)cc1Nc1ncc(Br)c(Nc2ccc3nccnc3c2NS(C)(=O)=O)n1. The third-order valence-corrected chi connectivity index (χ3v) is 13.8. The van der Waals surface area contributed by atoms with E-state index in [0.717, 1.165) is 75.2 Å². The number of piperazine rings is 1. The summed E-state index contributed by atoms with van der Waals surface area (Å²) in [4.78, 5) is 49.1. The summed E-state index contributed by atoms with van der Waals surface area (Å²) in [5.41, 5.74) is 5.27. The van der Waals surface area contributed by atoms with Crippen LogP contribution in [0.1, 0.15) is 42.7 Å². The summed E-state index contributed by atoms with van der Waals surface area (Å²) in [5, 5.41) is 13.2. The van der Waals surface area contributed by atoms with Gasteiger partial charge in [0.25, 0.3) is 0 Å². The number of nitrogens with zero attached hydrogens (tertiary/aromatic N) is 9. The number of aryl methyl sites for hydroxylation is 1. The second-order valence-electron chi connectivity index (χ2n) is 17.2. The first-order valence-electron chi connectivity index (χ1n) is 22.2. The Bertz CT molecular complexity index is 2980. The highest BCUT2D eigenvalue weighted by Gasteiger charge is 2.33. The van der Waals surface area contributed by atoms with Crippen molar-refractivity contribution in [3.8, 4) is 16.9 Å². The van der Waals surface area contributed by atoms with Crippen LogP contribution in [0.4, 0.5) is 43.3 Å². The number of anilines is 6. The number of methoxy groups -OCH3 is 1. The maximum Gasteiger partial charge on any atom is 0.234 e. The quantitative estimate of drug-likeness (QED) is 0.0914. The Morgan fingerprint density at radius 1 is 0.912 bits per heavy atom. The molecule has 6 heterocycles. The van der Waals surface area contributed by atoms with Crippen molar-refractivity contribution < 1.29 is 31.5 Å². The van der Waals surface area contributed by atoms with Gasteiger partial charge in [0.1, 0.15) is 28.7 Å². The first-order valence-corrected chi connectivity index (χ1v) is 24.9. The van der Waals surface area contributed by atoms with Gasteiger partial charge in [-0.3, -0.25) is 39.2 Å². The molecule has 0 bridgehead atoms. The van der Waals surface area contributed by atoms with Crippen LogP contribution in [0.15, 0.2) is 71.9 Å². The first-order chi connectivity index (χ1) is 32.7. The number of fused-ring (bicyclic) bond motifs is 1. The van der Waals surface area contributed by atoms with E-state index >= 15 is 8.78 Å². The summed E-state index contributed by atoms with van der Waals surface area (Å²) >= 11 is 3.54. The van der Waals surface area contributed by atoms with Crippen LogP contribution in [-0.2, 0) is 33.1 Å². The van der Waals surface area contributed by atoms with Gasteiger partial charge in [0.15, 0.2) is 0 Å². The average molecular weight is 1010 g/mol. The molecule has 3 saturated heterocycles. The summed E-state index contributed by atoms with van der Waals surface area (Å²) in [5.74, 6) is -2.41. The number of aromatic nitrogens is 6. The van der Waals surface area contributed by atoms with E-state index in [1.54, 1.807) is 30.1 Å². The molecule has 0 spiro atoms. The first kappa shape index (κ1) is 46.7. The molecule has 9 rings (SSSR count). The van der Waals surface area contributed by atoms with Crippen molar-refractivity contribution in [2.45, 2.75) is 44.1 Å². The van der Waals surface area contributed by atoms with Crippen LogP contribution in [0.2, 0.25) is 0 Å². The lowest BCUT2D eigenvalue weighted by Gasteiger charge is -2.43. The summed E-state index contributed by atoms with van der Waals surface area (Å²) in [6.07, 6.45) is 12.0. The topological polar surface area (TPSA) is 205 Å². The molecule has 22 heteroatoms. The van der Waals surface area contributed by atoms with Gasteiger partial charge in [-0.25, -0.2) is 22.2 Å². The van der Waals surface area contributed by atoms with E-state index < -0.39 is 39.4 Å². The summed E-state index contributed by atoms with van der Waals surface area (Å²) in [7, 11) is -0.191. The molecule has 6 aromatic rings. The van der Waals surface area contributed by atoms with E-state index in [1.807, 2.05) is 31.6 Å². The van der Waals surface area contributed by atoms with E-state index in [2.05, 4.69) is 71.4 Å². The molecule has 18 nitrogen and oxygen atoms in total. The van der Waals surface area contributed by atoms with Gasteiger partial charge in [0, 0.05) is 119 Å². The number of sulfonamides is 1. The number of carbonyl (C=O) groups excluding carboxylic acids is 2. The van der Waals surface area contributed by atoms with Crippen LogP contribution in [0.5, 0.6) is 5.75 Å². The second kappa shape index (κ2) is 19.7. The number of carbonyl (C=O) groups is 2. The summed E-state index contributed by atoms with van der Waals surface area (Å²) in [6, 6.07) is 10.5. The fourth-order valence-corrected chi connectivity index (χ4v) is 10.1. The highest BCUT2D eigenvalue weighted by Crippen LogP contribution is 2.42. The van der Waals surface area contributed by atoms with Crippen molar-refractivity contribution in [3.63, 3.8) is 0 Å². The van der Waals surface area contributed by atoms with Crippen LogP contribution in [0.25, 0.3) is 22.2 Å². The minimum atomic E-state index is -3.68. The van der Waals surface area contributed by atoms with Crippen molar-refractivity contribution in [1.82, 2.24) is 44.8 Å². The predicted octanol–water partition coefficient (Wildman–Crippen LogP) is 6.08. The van der Waals surface area contributed by atoms with E-state index in [0.29, 0.717) is 63.0 Å². The Morgan fingerprint density at radius 3 is 2.35 bits per heavy atom. The number of piperidine rings is 2. The largest absolute Gasteiger partial charge is 0.494 e. The van der Waals surface area contributed by atoms with Gasteiger partial charge >= 0.3 is 0 Å². The number of ether oxygens (including phenoxy) is 1. The highest BCUT2D eigenvalue weighted by molar-refractivity contribution is 9.10. The van der Waals surface area contributed by atoms with E-state index in [9.17, 15) is 18.0 Å². The van der Waals surface area contributed by atoms with E-state index in [1.165, 1.54) is 24.5 Å². The predicted molar refractivity (Wildman–Crippen MR) is 258 cm³/mol. The normalized spacial score (nSPS) is 17.6. The van der Waals surface area contributed by atoms with E-state index in [-0.39, 0.29) is 30.0 Å². The van der Waals surface area contributed by atoms with Crippen LogP contribution >= 0.6 is 15.9 Å². The minimum Gasteiger partial charge on any atom is -0.494 e. The van der Waals surface area contributed by atoms with Crippen molar-refractivity contribution in [1.29, 1.82) is 0 Å². The average Bonchev–Trinajstić information content (AvgIpc) is 3.76. The third-order valence-electron chi connectivity index (χ3n) is 12.7. The molecule has 0 aliphatic carbocycles. The summed E-state index contributed by atoms with van der Waals surface area (Å²) in [6.45, 7) is 5.77. The van der Waals surface area contributed by atoms with Crippen molar-refractivity contribution in [2.24, 2.45) is 7.05 Å². The summed E-state index contributed by atoms with van der Waals surface area (Å²) < 4.78 is 66.0. The number of halogens is 3. The molecule has 3 aromatic carbocycles. The van der Waals surface area contributed by atoms with Crippen LogP contribution in [0, 0.1) is 11.6 Å². The number of hydrogen-bond donors (Lipinski definition) is 4. The van der Waals surface area contributed by atoms with Gasteiger partial charge in [-0.05, 0) is 77.5 Å². The molecular formula is C46H50BrF2N13O5S. The van der Waals surface area contributed by atoms with Gasteiger partial charge in [-0.2, -0.15) is 10.1 Å². The number of amides is 2. The molecule has 2 amide bonds. The lowest BCUT2D eigenvalue weighted by molar-refractivity contribution is -0.134. The molecule has 0 saturated carbocycles. The smallest absolute Gasteiger partial charge is 0.234 e. The number of rotatable bonds is 14. The fourth-order valence-electron chi connectivity index (χ4n) is 9.28. The molecule has 356 valence electrons. The van der Waals surface area contributed by atoms with Gasteiger partial charge in [0.05, 0.1) is 52.5 Å². The molecule has 4 N–H and O–H groups in total. The number of benzene rings is 3. The number of hydrogen-bond acceptors (Lipinski definition) is 15. The monoisotopic (exact) mass is 1010 g/mol. The maximum atomic E-state index is 15.2. The van der Waals surface area contributed by atoms with Gasteiger partial charge < -0.3 is 25.2 Å². The van der Waals surface area contributed by atoms with Crippen LogP contribution in [-0.4, -0.2) is 125 Å². The number of imide groups is 1. The molecule has 68 heavy (non-hydrogen) atoms.